The third kappa shape index (κ3) is 3.40. The number of rotatable bonds is 4. The molecule has 1 aromatic heterocycles. The van der Waals surface area contributed by atoms with Crippen molar-refractivity contribution >= 4 is 17.4 Å². The lowest BCUT2D eigenvalue weighted by Crippen LogP contribution is -2.36. The molecule has 1 aliphatic rings. The molecule has 27 heavy (non-hydrogen) atoms. The maximum Gasteiger partial charge on any atom is 0.277 e. The molecule has 0 radical (unpaired) electrons. The van der Waals surface area contributed by atoms with Gasteiger partial charge in [0.1, 0.15) is 17.8 Å². The molecule has 2 heterocycles. The molecule has 5 nitrogen and oxygen atoms in total. The summed E-state index contributed by atoms with van der Waals surface area (Å²) in [5.41, 5.74) is 5.00. The van der Waals surface area contributed by atoms with Gasteiger partial charge in [-0.1, -0.05) is 42.5 Å². The minimum Gasteiger partial charge on any atom is -0.366 e. The van der Waals surface area contributed by atoms with Gasteiger partial charge in [-0.15, -0.1) is 0 Å². The quantitative estimate of drug-likeness (QED) is 0.766. The minimum atomic E-state index is -0.0891. The first-order chi connectivity index (χ1) is 13.1. The highest BCUT2D eigenvalue weighted by molar-refractivity contribution is 6.06. The zero-order valence-corrected chi connectivity index (χ0v) is 15.5. The van der Waals surface area contributed by atoms with Crippen molar-refractivity contribution in [2.75, 3.05) is 10.2 Å². The van der Waals surface area contributed by atoms with Crippen LogP contribution in [0.2, 0.25) is 0 Å². The number of carbonyl (C=O) groups is 1. The van der Waals surface area contributed by atoms with Crippen LogP contribution in [0, 0.1) is 6.92 Å². The number of fused-ring (bicyclic) bond motifs is 1. The molecular weight excluding hydrogens is 336 g/mol. The number of para-hydroxylation sites is 1. The molecule has 3 aromatic rings. The van der Waals surface area contributed by atoms with Crippen molar-refractivity contribution in [1.82, 2.24) is 9.97 Å². The fourth-order valence-corrected chi connectivity index (χ4v) is 3.56. The number of hydrogen-bond acceptors (Lipinski definition) is 4. The van der Waals surface area contributed by atoms with E-state index in [1.807, 2.05) is 35.2 Å². The Bertz CT molecular complexity index is 985. The van der Waals surface area contributed by atoms with E-state index < -0.39 is 0 Å². The maximum atomic E-state index is 13.1. The molecule has 4 rings (SSSR count). The highest BCUT2D eigenvalue weighted by Crippen LogP contribution is 2.32. The SMILES string of the molecule is Cc1ccccc1CNc1cc(C(=O)N2c3ccccc3CC2C)ncn1. The van der Waals surface area contributed by atoms with Crippen LogP contribution in [0.1, 0.15) is 34.1 Å². The van der Waals surface area contributed by atoms with Crippen molar-refractivity contribution in [3.8, 4) is 0 Å². The molecule has 5 heteroatoms. The van der Waals surface area contributed by atoms with E-state index >= 15 is 0 Å². The fraction of sp³-hybridized carbons (Fsp3) is 0.227. The Labute approximate surface area is 159 Å². The Morgan fingerprint density at radius 1 is 1.15 bits per heavy atom. The van der Waals surface area contributed by atoms with Crippen molar-refractivity contribution in [2.45, 2.75) is 32.9 Å². The van der Waals surface area contributed by atoms with Crippen LogP contribution in [0.25, 0.3) is 0 Å². The Hall–Kier alpha value is -3.21. The van der Waals surface area contributed by atoms with E-state index in [1.165, 1.54) is 23.0 Å². The molecule has 0 bridgehead atoms. The molecule has 136 valence electrons. The Morgan fingerprint density at radius 2 is 1.93 bits per heavy atom. The highest BCUT2D eigenvalue weighted by atomic mass is 16.2. The number of aryl methyl sites for hydroxylation is 1. The van der Waals surface area contributed by atoms with E-state index in [0.29, 0.717) is 18.1 Å². The third-order valence-electron chi connectivity index (χ3n) is 5.03. The Balaban J connectivity index is 1.54. The number of hydrogen-bond donors (Lipinski definition) is 1. The molecule has 0 saturated heterocycles. The maximum absolute atomic E-state index is 13.1. The predicted molar refractivity (Wildman–Crippen MR) is 107 cm³/mol. The van der Waals surface area contributed by atoms with Crippen molar-refractivity contribution in [3.05, 3.63) is 83.3 Å². The van der Waals surface area contributed by atoms with Gasteiger partial charge in [0.25, 0.3) is 5.91 Å². The van der Waals surface area contributed by atoms with Gasteiger partial charge in [-0.2, -0.15) is 0 Å². The van der Waals surface area contributed by atoms with Gasteiger partial charge in [-0.3, -0.25) is 4.79 Å². The van der Waals surface area contributed by atoms with Gasteiger partial charge >= 0.3 is 0 Å². The molecule has 0 aliphatic carbocycles. The van der Waals surface area contributed by atoms with E-state index in [0.717, 1.165) is 12.1 Å². The summed E-state index contributed by atoms with van der Waals surface area (Å²) in [6.07, 6.45) is 2.31. The van der Waals surface area contributed by atoms with E-state index in [2.05, 4.69) is 47.3 Å². The zero-order valence-electron chi connectivity index (χ0n) is 15.5. The molecule has 1 unspecified atom stereocenters. The minimum absolute atomic E-state index is 0.0891. The second-order valence-corrected chi connectivity index (χ2v) is 6.93. The second kappa shape index (κ2) is 7.19. The Kier molecular flexibility index (Phi) is 4.59. The number of anilines is 2. The number of carbonyl (C=O) groups excluding carboxylic acids is 1. The molecule has 1 N–H and O–H groups in total. The zero-order chi connectivity index (χ0) is 18.8. The molecule has 1 amide bonds. The number of nitrogens with zero attached hydrogens (tertiary/aromatic N) is 3. The molecular formula is C22H22N4O. The van der Waals surface area contributed by atoms with Gasteiger partial charge < -0.3 is 10.2 Å². The first-order valence-electron chi connectivity index (χ1n) is 9.15. The van der Waals surface area contributed by atoms with Crippen LogP contribution in [0.15, 0.2) is 60.9 Å². The van der Waals surface area contributed by atoms with Crippen LogP contribution in [0.5, 0.6) is 0 Å². The number of aromatic nitrogens is 2. The molecule has 0 saturated carbocycles. The summed E-state index contributed by atoms with van der Waals surface area (Å²) in [5.74, 6) is 0.561. The summed E-state index contributed by atoms with van der Waals surface area (Å²) >= 11 is 0. The summed E-state index contributed by atoms with van der Waals surface area (Å²) < 4.78 is 0. The lowest BCUT2D eigenvalue weighted by Gasteiger charge is -2.22. The molecule has 1 atom stereocenters. The molecule has 2 aromatic carbocycles. The number of amides is 1. The van der Waals surface area contributed by atoms with Crippen LogP contribution in [0.4, 0.5) is 11.5 Å². The Morgan fingerprint density at radius 3 is 2.78 bits per heavy atom. The average Bonchev–Trinajstić information content (AvgIpc) is 3.02. The molecule has 0 fully saturated rings. The predicted octanol–water partition coefficient (Wildman–Crippen LogP) is 3.99. The van der Waals surface area contributed by atoms with Gasteiger partial charge in [-0.25, -0.2) is 9.97 Å². The van der Waals surface area contributed by atoms with E-state index in [9.17, 15) is 4.79 Å². The fourth-order valence-electron chi connectivity index (χ4n) is 3.56. The summed E-state index contributed by atoms with van der Waals surface area (Å²) in [6.45, 7) is 4.80. The van der Waals surface area contributed by atoms with Crippen molar-refractivity contribution < 1.29 is 4.79 Å². The second-order valence-electron chi connectivity index (χ2n) is 6.93. The van der Waals surface area contributed by atoms with E-state index in [4.69, 9.17) is 0 Å². The first kappa shape index (κ1) is 17.2. The summed E-state index contributed by atoms with van der Waals surface area (Å²) in [4.78, 5) is 23.4. The van der Waals surface area contributed by atoms with Gasteiger partial charge in [-0.05, 0) is 43.0 Å². The normalized spacial score (nSPS) is 15.5. The summed E-state index contributed by atoms with van der Waals surface area (Å²) in [7, 11) is 0. The largest absolute Gasteiger partial charge is 0.366 e. The lowest BCUT2D eigenvalue weighted by molar-refractivity contribution is 0.0976. The van der Waals surface area contributed by atoms with E-state index in [-0.39, 0.29) is 11.9 Å². The van der Waals surface area contributed by atoms with Gasteiger partial charge in [0.15, 0.2) is 0 Å². The smallest absolute Gasteiger partial charge is 0.277 e. The summed E-state index contributed by atoms with van der Waals surface area (Å²) in [6, 6.07) is 18.1. The average molecular weight is 358 g/mol. The van der Waals surface area contributed by atoms with Crippen LogP contribution in [-0.2, 0) is 13.0 Å². The van der Waals surface area contributed by atoms with E-state index in [1.54, 1.807) is 6.07 Å². The van der Waals surface area contributed by atoms with Crippen LogP contribution < -0.4 is 10.2 Å². The van der Waals surface area contributed by atoms with Crippen molar-refractivity contribution in [3.63, 3.8) is 0 Å². The summed E-state index contributed by atoms with van der Waals surface area (Å²) in [5, 5.41) is 3.30. The topological polar surface area (TPSA) is 58.1 Å². The van der Waals surface area contributed by atoms with Gasteiger partial charge in [0.05, 0.1) is 0 Å². The van der Waals surface area contributed by atoms with Crippen LogP contribution >= 0.6 is 0 Å². The van der Waals surface area contributed by atoms with Gasteiger partial charge in [0.2, 0.25) is 0 Å². The highest BCUT2D eigenvalue weighted by Gasteiger charge is 2.31. The number of nitrogens with one attached hydrogen (secondary N) is 1. The lowest BCUT2D eigenvalue weighted by atomic mass is 10.1. The van der Waals surface area contributed by atoms with Crippen molar-refractivity contribution in [2.24, 2.45) is 0 Å². The molecule has 1 aliphatic heterocycles. The van der Waals surface area contributed by atoms with Crippen molar-refractivity contribution in [1.29, 1.82) is 0 Å². The third-order valence-corrected chi connectivity index (χ3v) is 5.03. The standard InChI is InChI=1S/C22H22N4O/c1-15-7-3-4-9-18(15)13-23-21-12-19(24-14-25-21)22(27)26-16(2)11-17-8-5-6-10-20(17)26/h3-10,12,14,16H,11,13H2,1-2H3,(H,23,24,25). The van der Waals surface area contributed by atoms with Crippen LogP contribution in [-0.4, -0.2) is 21.9 Å². The first-order valence-corrected chi connectivity index (χ1v) is 9.15. The monoisotopic (exact) mass is 358 g/mol. The number of benzene rings is 2. The molecule has 0 spiro atoms. The van der Waals surface area contributed by atoms with Crippen LogP contribution in [0.3, 0.4) is 0 Å². The van der Waals surface area contributed by atoms with Gasteiger partial charge in [0, 0.05) is 24.3 Å².